The molecule has 0 spiro atoms. The largest absolute Gasteiger partial charge is 0.465 e. The molecule has 0 unspecified atom stereocenters. The van der Waals surface area contributed by atoms with Crippen LogP contribution in [0, 0.1) is 0 Å². The number of nitrogens with one attached hydrogen (secondary N) is 1. The minimum absolute atomic E-state index is 0.00549. The summed E-state index contributed by atoms with van der Waals surface area (Å²) in [5, 5.41) is 1.11. The van der Waals surface area contributed by atoms with Gasteiger partial charge in [-0.2, -0.15) is 0 Å². The Balaban J connectivity index is 1.44. The molecule has 4 aromatic rings. The summed E-state index contributed by atoms with van der Waals surface area (Å²) in [7, 11) is -2.59. The van der Waals surface area contributed by atoms with Crippen LogP contribution in [0.4, 0.5) is 5.69 Å². The van der Waals surface area contributed by atoms with Gasteiger partial charge < -0.3 is 4.74 Å². The summed E-state index contributed by atoms with van der Waals surface area (Å²) in [6.07, 6.45) is 0.589. The lowest BCUT2D eigenvalue weighted by atomic mass is 10.1. The fourth-order valence-electron chi connectivity index (χ4n) is 3.51. The molecule has 8 heteroatoms. The second-order valence-electron chi connectivity index (χ2n) is 7.58. The highest BCUT2D eigenvalue weighted by molar-refractivity contribution is 7.98. The van der Waals surface area contributed by atoms with Crippen LogP contribution in [0.25, 0.3) is 10.9 Å². The van der Waals surface area contributed by atoms with E-state index in [9.17, 15) is 13.2 Å². The van der Waals surface area contributed by atoms with Crippen molar-refractivity contribution in [1.82, 2.24) is 4.98 Å². The van der Waals surface area contributed by atoms with Gasteiger partial charge in [0.2, 0.25) is 0 Å². The lowest BCUT2D eigenvalue weighted by Crippen LogP contribution is -2.15. The quantitative estimate of drug-likeness (QED) is 0.252. The number of methoxy groups -OCH3 is 1. The SMILES string of the molecule is CCc1ccc(S(=O)(=O)Nc2ccc(SCc3ccc4ccccc4n3)cc2)cc1C(=O)OC. The van der Waals surface area contributed by atoms with E-state index in [1.54, 1.807) is 30.0 Å². The van der Waals surface area contributed by atoms with Gasteiger partial charge in [0, 0.05) is 21.7 Å². The van der Waals surface area contributed by atoms with E-state index in [-0.39, 0.29) is 10.5 Å². The van der Waals surface area contributed by atoms with Crippen LogP contribution in [0.1, 0.15) is 28.5 Å². The van der Waals surface area contributed by atoms with Crippen molar-refractivity contribution in [3.05, 3.63) is 95.7 Å². The average molecular weight is 493 g/mol. The Morgan fingerprint density at radius 3 is 2.50 bits per heavy atom. The number of sulfonamides is 1. The monoisotopic (exact) mass is 492 g/mol. The van der Waals surface area contributed by atoms with Crippen molar-refractivity contribution in [2.75, 3.05) is 11.8 Å². The smallest absolute Gasteiger partial charge is 0.338 e. The Hall–Kier alpha value is -3.36. The minimum Gasteiger partial charge on any atom is -0.465 e. The van der Waals surface area contributed by atoms with Crippen LogP contribution < -0.4 is 4.72 Å². The van der Waals surface area contributed by atoms with E-state index in [1.165, 1.54) is 19.2 Å². The van der Waals surface area contributed by atoms with Crippen molar-refractivity contribution in [1.29, 1.82) is 0 Å². The van der Waals surface area contributed by atoms with E-state index in [1.807, 2.05) is 49.4 Å². The van der Waals surface area contributed by atoms with Crippen molar-refractivity contribution in [2.24, 2.45) is 0 Å². The molecule has 3 aromatic carbocycles. The minimum atomic E-state index is -3.87. The number of hydrogen-bond acceptors (Lipinski definition) is 6. The lowest BCUT2D eigenvalue weighted by molar-refractivity contribution is 0.0599. The van der Waals surface area contributed by atoms with Crippen LogP contribution in [0.3, 0.4) is 0 Å². The number of carbonyl (C=O) groups is 1. The van der Waals surface area contributed by atoms with Crippen LogP contribution in [-0.4, -0.2) is 26.5 Å². The van der Waals surface area contributed by atoms with Gasteiger partial charge in [0.05, 0.1) is 28.8 Å². The highest BCUT2D eigenvalue weighted by Gasteiger charge is 2.19. The Bertz CT molecular complexity index is 1440. The summed E-state index contributed by atoms with van der Waals surface area (Å²) in [6.45, 7) is 1.89. The van der Waals surface area contributed by atoms with Crippen LogP contribution >= 0.6 is 11.8 Å². The highest BCUT2D eigenvalue weighted by atomic mass is 32.2. The summed E-state index contributed by atoms with van der Waals surface area (Å²) in [6, 6.07) is 23.7. The first-order valence-electron chi connectivity index (χ1n) is 10.7. The fourth-order valence-corrected chi connectivity index (χ4v) is 5.40. The van der Waals surface area contributed by atoms with Gasteiger partial charge in [-0.05, 0) is 60.5 Å². The van der Waals surface area contributed by atoms with Crippen LogP contribution in [0.15, 0.2) is 88.7 Å². The Morgan fingerprint density at radius 2 is 1.76 bits per heavy atom. The molecule has 0 amide bonds. The van der Waals surface area contributed by atoms with Gasteiger partial charge in [-0.3, -0.25) is 9.71 Å². The van der Waals surface area contributed by atoms with Gasteiger partial charge in [0.15, 0.2) is 0 Å². The number of ether oxygens (including phenoxy) is 1. The number of carbonyl (C=O) groups excluding carboxylic acids is 1. The Kier molecular flexibility index (Phi) is 7.19. The third kappa shape index (κ3) is 5.40. The summed E-state index contributed by atoms with van der Waals surface area (Å²) < 4.78 is 33.1. The van der Waals surface area contributed by atoms with Gasteiger partial charge >= 0.3 is 5.97 Å². The van der Waals surface area contributed by atoms with Crippen LogP contribution in [-0.2, 0) is 26.9 Å². The number of thioether (sulfide) groups is 1. The number of pyridine rings is 1. The van der Waals surface area contributed by atoms with Crippen molar-refractivity contribution >= 4 is 44.3 Å². The zero-order valence-corrected chi connectivity index (χ0v) is 20.4. The maximum atomic E-state index is 12.9. The lowest BCUT2D eigenvalue weighted by Gasteiger charge is -2.12. The molecule has 0 radical (unpaired) electrons. The predicted molar refractivity (Wildman–Crippen MR) is 136 cm³/mol. The zero-order chi connectivity index (χ0) is 24.1. The molecule has 6 nitrogen and oxygen atoms in total. The summed E-state index contributed by atoms with van der Waals surface area (Å²) >= 11 is 1.63. The molecule has 0 atom stereocenters. The van der Waals surface area contributed by atoms with Crippen molar-refractivity contribution in [3.8, 4) is 0 Å². The van der Waals surface area contributed by atoms with Gasteiger partial charge in [-0.15, -0.1) is 11.8 Å². The number of fused-ring (bicyclic) bond motifs is 1. The van der Waals surface area contributed by atoms with Crippen LogP contribution in [0.5, 0.6) is 0 Å². The fraction of sp³-hybridized carbons (Fsp3) is 0.154. The summed E-state index contributed by atoms with van der Waals surface area (Å²) in [4.78, 5) is 17.7. The van der Waals surface area contributed by atoms with E-state index in [0.717, 1.165) is 27.1 Å². The normalized spacial score (nSPS) is 11.4. The third-order valence-electron chi connectivity index (χ3n) is 5.33. The van der Waals surface area contributed by atoms with Gasteiger partial charge in [-0.1, -0.05) is 37.3 Å². The molecule has 0 aliphatic carbocycles. The first-order chi connectivity index (χ1) is 16.4. The van der Waals surface area contributed by atoms with E-state index in [4.69, 9.17) is 4.74 Å². The maximum absolute atomic E-state index is 12.9. The molecule has 0 bridgehead atoms. The number of aromatic nitrogens is 1. The molecule has 0 aliphatic heterocycles. The second kappa shape index (κ2) is 10.3. The molecule has 174 valence electrons. The molecular weight excluding hydrogens is 468 g/mol. The van der Waals surface area contributed by atoms with Crippen LogP contribution in [0.2, 0.25) is 0 Å². The number of nitrogens with zero attached hydrogens (tertiary/aromatic N) is 1. The molecular formula is C26H24N2O4S2. The molecule has 0 saturated carbocycles. The Morgan fingerprint density at radius 1 is 1.00 bits per heavy atom. The summed E-state index contributed by atoms with van der Waals surface area (Å²) in [5.41, 5.74) is 3.36. The molecule has 34 heavy (non-hydrogen) atoms. The number of anilines is 1. The molecule has 0 fully saturated rings. The number of hydrogen-bond donors (Lipinski definition) is 1. The first-order valence-corrected chi connectivity index (χ1v) is 13.2. The number of rotatable bonds is 8. The maximum Gasteiger partial charge on any atom is 0.338 e. The van der Waals surface area contributed by atoms with Crippen molar-refractivity contribution in [3.63, 3.8) is 0 Å². The van der Waals surface area contributed by atoms with Gasteiger partial charge in [0.25, 0.3) is 10.0 Å². The van der Waals surface area contributed by atoms with E-state index < -0.39 is 16.0 Å². The van der Waals surface area contributed by atoms with Gasteiger partial charge in [-0.25, -0.2) is 13.2 Å². The van der Waals surface area contributed by atoms with E-state index in [0.29, 0.717) is 17.9 Å². The summed E-state index contributed by atoms with van der Waals surface area (Å²) in [5.74, 6) is 0.145. The standard InChI is InChI=1S/C26H24N2O4S2/c1-3-18-9-15-23(16-24(18)26(29)32-2)34(30,31)28-20-11-13-22(14-12-20)33-17-21-10-8-19-6-4-5-7-25(19)27-21/h4-16,28H,3,17H2,1-2H3. The highest BCUT2D eigenvalue weighted by Crippen LogP contribution is 2.26. The number of benzene rings is 3. The topological polar surface area (TPSA) is 85.4 Å². The molecule has 1 heterocycles. The number of para-hydroxylation sites is 1. The molecule has 0 aliphatic rings. The van der Waals surface area contributed by atoms with E-state index >= 15 is 0 Å². The van der Waals surface area contributed by atoms with E-state index in [2.05, 4.69) is 15.8 Å². The predicted octanol–water partition coefficient (Wildman–Crippen LogP) is 5.68. The average Bonchev–Trinajstić information content (AvgIpc) is 2.87. The number of esters is 1. The molecule has 0 saturated heterocycles. The zero-order valence-electron chi connectivity index (χ0n) is 18.8. The van der Waals surface area contributed by atoms with Crippen molar-refractivity contribution in [2.45, 2.75) is 28.9 Å². The first kappa shape index (κ1) is 23.8. The Labute approximate surface area is 203 Å². The van der Waals surface area contributed by atoms with Gasteiger partial charge in [0.1, 0.15) is 0 Å². The molecule has 1 N–H and O–H groups in total. The third-order valence-corrected chi connectivity index (χ3v) is 7.75. The number of aryl methyl sites for hydroxylation is 1. The second-order valence-corrected chi connectivity index (χ2v) is 10.3. The van der Waals surface area contributed by atoms with Crippen molar-refractivity contribution < 1.29 is 17.9 Å². The molecule has 1 aromatic heterocycles. The molecule has 4 rings (SSSR count).